The topological polar surface area (TPSA) is 155 Å². The van der Waals surface area contributed by atoms with Crippen LogP contribution >= 0.6 is 0 Å². The van der Waals surface area contributed by atoms with Crippen molar-refractivity contribution in [3.63, 3.8) is 0 Å². The molecule has 5 N–H and O–H groups in total. The Morgan fingerprint density at radius 3 is 1.75 bits per heavy atom. The molecule has 0 aromatic carbocycles. The molecule has 0 radical (unpaired) electrons. The molecular formula is C6H12NNaO7S. The number of hydrogen-bond donors (Lipinski definition) is 4. The number of carboxylic acid groups (broad SMARTS) is 2. The molecule has 0 aliphatic heterocycles. The Bertz CT molecular complexity index is 326. The van der Waals surface area contributed by atoms with Gasteiger partial charge in [-0.25, -0.2) is 0 Å². The monoisotopic (exact) mass is 265 g/mol. The zero-order chi connectivity index (χ0) is 13.4. The predicted octanol–water partition coefficient (Wildman–Crippen LogP) is -1.67. The van der Waals surface area contributed by atoms with Gasteiger partial charge in [0.1, 0.15) is 0 Å². The summed E-state index contributed by atoms with van der Waals surface area (Å²) in [6, 6.07) is 0. The molecule has 0 aliphatic carbocycles. The Morgan fingerprint density at radius 2 is 1.69 bits per heavy atom. The maximum absolute atomic E-state index is 10.2. The van der Waals surface area contributed by atoms with Gasteiger partial charge < -0.3 is 10.2 Å². The number of hydrogen-bond acceptors (Lipinski definition) is 5. The first-order valence-corrected chi connectivity index (χ1v) is 7.19. The van der Waals surface area contributed by atoms with E-state index in [0.29, 0.717) is 0 Å². The van der Waals surface area contributed by atoms with E-state index in [1.165, 1.54) is 31.6 Å². The molecule has 0 saturated heterocycles. The fourth-order valence-corrected chi connectivity index (χ4v) is 1.09. The van der Waals surface area contributed by atoms with Crippen molar-refractivity contribution in [2.75, 3.05) is 6.54 Å². The van der Waals surface area contributed by atoms with Gasteiger partial charge in [0.15, 0.2) is 5.25 Å². The molecule has 0 fully saturated rings. The Morgan fingerprint density at radius 1 is 1.31 bits per heavy atom. The second-order valence-electron chi connectivity index (χ2n) is 2.73. The van der Waals surface area contributed by atoms with Crippen molar-refractivity contribution in [3.05, 3.63) is 0 Å². The fourth-order valence-electron chi connectivity index (χ4n) is 0.479. The average molecular weight is 265 g/mol. The third-order valence-electron chi connectivity index (χ3n) is 1.28. The van der Waals surface area contributed by atoms with Crippen LogP contribution in [-0.2, 0) is 19.7 Å². The first-order chi connectivity index (χ1) is 7.16. The van der Waals surface area contributed by atoms with E-state index in [1.54, 1.807) is 0 Å². The van der Waals surface area contributed by atoms with E-state index in [1.807, 2.05) is 0 Å². The summed E-state index contributed by atoms with van der Waals surface area (Å²) in [5.74, 6) is -3.50. The first-order valence-electron chi connectivity index (χ1n) is 4.27. The van der Waals surface area contributed by atoms with E-state index in [4.69, 9.17) is 20.5 Å². The van der Waals surface area contributed by atoms with Crippen LogP contribution in [0.15, 0.2) is 0 Å². The molecule has 0 heterocycles. The smallest absolute Gasteiger partial charge is 0.325 e. The van der Waals surface area contributed by atoms with E-state index < -0.39 is 33.7 Å². The summed E-state index contributed by atoms with van der Waals surface area (Å²) in [5.41, 5.74) is 5.06. The molecular weight excluding hydrogens is 253 g/mol. The van der Waals surface area contributed by atoms with Crippen molar-refractivity contribution in [1.29, 1.82) is 0 Å². The van der Waals surface area contributed by atoms with E-state index in [9.17, 15) is 18.0 Å². The summed E-state index contributed by atoms with van der Waals surface area (Å²) in [7, 11) is -4.84. The summed E-state index contributed by atoms with van der Waals surface area (Å²) in [4.78, 5) is 20.0. The molecule has 10 heteroatoms. The average Bonchev–Trinajstić information content (AvgIpc) is 2.12. The van der Waals surface area contributed by atoms with Crippen LogP contribution in [0.3, 0.4) is 0 Å². The standard InChI is InChI=1S/C4H6O7S.C2H6N.Na/c5-3(6)1-2(4(7)8)12(9,10)11;1-2-3;/h2H,1H2,(H,5,6)(H,7,8)(H,9,10,11);1-3H2;. The minimum Gasteiger partial charge on any atom is -0.481 e. The van der Waals surface area contributed by atoms with Crippen LogP contribution in [0.4, 0.5) is 0 Å². The molecule has 90 valence electrons. The number of rotatable bonds is 5. The largest absolute Gasteiger partial charge is 0.481 e. The van der Waals surface area contributed by atoms with Crippen molar-refractivity contribution in [2.24, 2.45) is 5.73 Å². The summed E-state index contributed by atoms with van der Waals surface area (Å²) in [5, 5.41) is 13.9. The number of carbonyl (C=O) groups is 2. The van der Waals surface area contributed by atoms with Crippen molar-refractivity contribution in [1.82, 2.24) is 0 Å². The van der Waals surface area contributed by atoms with Crippen LogP contribution in [-0.4, -0.2) is 74.8 Å². The maximum Gasteiger partial charge on any atom is 0.325 e. The molecule has 0 rings (SSSR count). The molecule has 1 atom stereocenters. The van der Waals surface area contributed by atoms with Crippen molar-refractivity contribution < 1.29 is 32.8 Å². The minimum atomic E-state index is -4.84. The number of carboxylic acids is 2. The minimum absolute atomic E-state index is 0.881. The summed E-state index contributed by atoms with van der Waals surface area (Å²) in [6.07, 6.45) is -1.16. The van der Waals surface area contributed by atoms with E-state index in [-0.39, 0.29) is 0 Å². The molecule has 0 saturated carbocycles. The molecule has 16 heavy (non-hydrogen) atoms. The van der Waals surface area contributed by atoms with E-state index in [2.05, 4.69) is 0 Å². The summed E-state index contributed by atoms with van der Waals surface area (Å²) < 4.78 is 29.9. The second kappa shape index (κ2) is 8.90. The zero-order valence-electron chi connectivity index (χ0n) is 8.66. The molecule has 0 spiro atoms. The third-order valence-corrected chi connectivity index (χ3v) is 2.95. The summed E-state index contributed by atoms with van der Waals surface area (Å²) >= 11 is 1.26. The number of nitrogens with two attached hydrogens (primary N) is 1. The van der Waals surface area contributed by atoms with Gasteiger partial charge in [0.05, 0.1) is 6.42 Å². The van der Waals surface area contributed by atoms with Gasteiger partial charge in [0, 0.05) is 0 Å². The fraction of sp³-hybridized carbons (Fsp3) is 0.667. The molecule has 0 amide bonds. The molecule has 1 unspecified atom stereocenters. The molecule has 0 aromatic heterocycles. The van der Waals surface area contributed by atoms with Crippen molar-refractivity contribution in [3.8, 4) is 0 Å². The van der Waals surface area contributed by atoms with Gasteiger partial charge in [-0.15, -0.1) is 0 Å². The Labute approximate surface area is 110 Å². The molecule has 0 bridgehead atoms. The first kappa shape index (κ1) is 18.2. The van der Waals surface area contributed by atoms with E-state index >= 15 is 0 Å². The molecule has 0 aromatic rings. The Hall–Kier alpha value is -0.190. The van der Waals surface area contributed by atoms with Crippen molar-refractivity contribution in [2.45, 2.75) is 15.3 Å². The zero-order valence-corrected chi connectivity index (χ0v) is 11.5. The van der Waals surface area contributed by atoms with Gasteiger partial charge in [-0.2, -0.15) is 8.42 Å². The second-order valence-corrected chi connectivity index (χ2v) is 5.33. The van der Waals surface area contributed by atoms with Gasteiger partial charge in [-0.05, 0) is 0 Å². The third kappa shape index (κ3) is 10.3. The Balaban J connectivity index is 0. The van der Waals surface area contributed by atoms with Crippen LogP contribution in [0.2, 0.25) is 3.67 Å². The number of aliphatic carboxylic acids is 2. The van der Waals surface area contributed by atoms with Gasteiger partial charge in [0.25, 0.3) is 10.1 Å². The SMILES string of the molecule is NC[CH2][Na].O=C(O)CC(C(=O)O)S(=O)(=O)O. The molecule has 8 nitrogen and oxygen atoms in total. The van der Waals surface area contributed by atoms with Gasteiger partial charge in [-0.3, -0.25) is 14.1 Å². The van der Waals surface area contributed by atoms with Crippen LogP contribution in [0.1, 0.15) is 6.42 Å². The quantitative estimate of drug-likeness (QED) is 0.340. The predicted molar refractivity (Wildman–Crippen MR) is 54.8 cm³/mol. The van der Waals surface area contributed by atoms with Crippen LogP contribution in [0.25, 0.3) is 0 Å². The van der Waals surface area contributed by atoms with Crippen LogP contribution in [0, 0.1) is 0 Å². The normalized spacial score (nSPS) is 12.2. The van der Waals surface area contributed by atoms with Crippen molar-refractivity contribution >= 4 is 50.0 Å². The summed E-state index contributed by atoms with van der Waals surface area (Å²) in [6.45, 7) is 0.881. The maximum atomic E-state index is 10.2. The van der Waals surface area contributed by atoms with Gasteiger partial charge in [-0.1, -0.05) is 0 Å². The van der Waals surface area contributed by atoms with Crippen LogP contribution in [0.5, 0.6) is 0 Å². The molecule has 0 aliphatic rings. The van der Waals surface area contributed by atoms with Gasteiger partial charge >= 0.3 is 55.8 Å². The van der Waals surface area contributed by atoms with Crippen LogP contribution < -0.4 is 5.73 Å². The van der Waals surface area contributed by atoms with Gasteiger partial charge in [0.2, 0.25) is 0 Å². The van der Waals surface area contributed by atoms with E-state index in [0.717, 1.165) is 6.54 Å². The Kier molecular flexibility index (Phi) is 10.1.